The van der Waals surface area contributed by atoms with Gasteiger partial charge in [0.05, 0.1) is 5.69 Å². The highest BCUT2D eigenvalue weighted by Gasteiger charge is 2.40. The van der Waals surface area contributed by atoms with Crippen LogP contribution in [0.1, 0.15) is 12.0 Å². The van der Waals surface area contributed by atoms with Gasteiger partial charge in [0.15, 0.2) is 0 Å². The zero-order valence-electron chi connectivity index (χ0n) is 11.0. The Morgan fingerprint density at radius 1 is 1.14 bits per heavy atom. The SMILES string of the molecule is C=C1[C]=CC=C(c2ccc(N3C(=O)[N]C(=O)C3=O)cc2)C1. The summed E-state index contributed by atoms with van der Waals surface area (Å²) in [6, 6.07) is 5.96. The topological polar surface area (TPSA) is 68.6 Å². The van der Waals surface area contributed by atoms with Crippen molar-refractivity contribution in [2.24, 2.45) is 0 Å². The van der Waals surface area contributed by atoms with Crippen molar-refractivity contribution < 1.29 is 14.4 Å². The van der Waals surface area contributed by atoms with Crippen LogP contribution in [0.25, 0.3) is 5.57 Å². The normalized spacial score (nSPS) is 18.1. The Labute approximate surface area is 121 Å². The molecule has 1 aromatic carbocycles. The van der Waals surface area contributed by atoms with Crippen LogP contribution in [0.3, 0.4) is 0 Å². The van der Waals surface area contributed by atoms with Gasteiger partial charge in [-0.25, -0.2) is 9.69 Å². The number of hydrogen-bond acceptors (Lipinski definition) is 3. The fourth-order valence-electron chi connectivity index (χ4n) is 2.22. The van der Waals surface area contributed by atoms with Crippen LogP contribution in [0, 0.1) is 6.08 Å². The van der Waals surface area contributed by atoms with Crippen molar-refractivity contribution >= 4 is 29.1 Å². The number of carbonyl (C=O) groups is 3. The molecular weight excluding hydrogens is 268 g/mol. The zero-order valence-corrected chi connectivity index (χ0v) is 11.0. The van der Waals surface area contributed by atoms with E-state index >= 15 is 0 Å². The number of amides is 4. The molecule has 0 unspecified atom stereocenters. The molecule has 1 saturated heterocycles. The number of hydrogen-bond donors (Lipinski definition) is 0. The van der Waals surface area contributed by atoms with Gasteiger partial charge in [0.2, 0.25) is 0 Å². The number of benzene rings is 1. The first-order chi connectivity index (χ1) is 10.1. The van der Waals surface area contributed by atoms with Crippen molar-refractivity contribution in [3.05, 3.63) is 60.2 Å². The standard InChI is InChI=1S/C16H10N2O3/c1-10-3-2-4-12(9-10)11-5-7-13(8-6-11)18-15(20)14(19)17-16(18)21/h2,4-8H,1,9H2. The Kier molecular flexibility index (Phi) is 3.02. The summed E-state index contributed by atoms with van der Waals surface area (Å²) in [5.41, 5.74) is 3.26. The quantitative estimate of drug-likeness (QED) is 0.613. The molecule has 1 aliphatic carbocycles. The van der Waals surface area contributed by atoms with Crippen LogP contribution in [-0.2, 0) is 9.59 Å². The average Bonchev–Trinajstić information content (AvgIpc) is 2.72. The minimum atomic E-state index is -1.03. The maximum atomic E-state index is 11.6. The fraction of sp³-hybridized carbons (Fsp3) is 0.0625. The number of rotatable bonds is 2. The molecule has 0 spiro atoms. The molecule has 2 radical (unpaired) electrons. The highest BCUT2D eigenvalue weighted by molar-refractivity contribution is 6.52. The third-order valence-electron chi connectivity index (χ3n) is 3.25. The minimum absolute atomic E-state index is 0.334. The van der Waals surface area contributed by atoms with E-state index in [0.717, 1.165) is 21.6 Å². The minimum Gasteiger partial charge on any atom is -0.262 e. The summed E-state index contributed by atoms with van der Waals surface area (Å²) in [7, 11) is 0. The lowest BCUT2D eigenvalue weighted by molar-refractivity contribution is -0.135. The Morgan fingerprint density at radius 2 is 1.86 bits per heavy atom. The van der Waals surface area contributed by atoms with Gasteiger partial charge in [0, 0.05) is 0 Å². The van der Waals surface area contributed by atoms with E-state index in [4.69, 9.17) is 0 Å². The van der Waals surface area contributed by atoms with Crippen molar-refractivity contribution in [2.45, 2.75) is 6.42 Å². The predicted octanol–water partition coefficient (Wildman–Crippen LogP) is 1.99. The lowest BCUT2D eigenvalue weighted by atomic mass is 9.95. The summed E-state index contributed by atoms with van der Waals surface area (Å²) in [4.78, 5) is 35.0. The number of nitrogens with zero attached hydrogens (tertiary/aromatic N) is 2. The van der Waals surface area contributed by atoms with Crippen LogP contribution in [0.2, 0.25) is 0 Å². The van der Waals surface area contributed by atoms with Crippen molar-refractivity contribution in [3.8, 4) is 0 Å². The molecule has 1 heterocycles. The smallest absolute Gasteiger partial charge is 0.262 e. The molecule has 1 aliphatic heterocycles. The van der Waals surface area contributed by atoms with Crippen LogP contribution < -0.4 is 10.2 Å². The first-order valence-corrected chi connectivity index (χ1v) is 6.27. The highest BCUT2D eigenvalue weighted by Crippen LogP contribution is 2.27. The Balaban J connectivity index is 1.88. The predicted molar refractivity (Wildman–Crippen MR) is 76.0 cm³/mol. The molecule has 21 heavy (non-hydrogen) atoms. The molecule has 102 valence electrons. The number of allylic oxidation sites excluding steroid dienone is 5. The molecule has 4 amide bonds. The largest absolute Gasteiger partial charge is 0.358 e. The van der Waals surface area contributed by atoms with Gasteiger partial charge in [-0.3, -0.25) is 9.59 Å². The summed E-state index contributed by atoms with van der Waals surface area (Å²) >= 11 is 0. The van der Waals surface area contributed by atoms with Gasteiger partial charge in [-0.05, 0) is 41.3 Å². The summed E-state index contributed by atoms with van der Waals surface area (Å²) in [5.74, 6) is -1.95. The number of carbonyl (C=O) groups excluding carboxylic acids is 3. The van der Waals surface area contributed by atoms with Gasteiger partial charge in [-0.2, -0.15) is 0 Å². The van der Waals surface area contributed by atoms with Crippen LogP contribution in [-0.4, -0.2) is 17.8 Å². The lowest BCUT2D eigenvalue weighted by Gasteiger charge is -2.14. The first-order valence-electron chi connectivity index (χ1n) is 6.27. The van der Waals surface area contributed by atoms with E-state index in [1.54, 1.807) is 30.3 Å². The van der Waals surface area contributed by atoms with E-state index < -0.39 is 17.8 Å². The molecule has 2 aliphatic rings. The number of urea groups is 1. The fourth-order valence-corrected chi connectivity index (χ4v) is 2.22. The van der Waals surface area contributed by atoms with E-state index in [2.05, 4.69) is 18.0 Å². The Hall–Kier alpha value is -2.95. The summed E-state index contributed by atoms with van der Waals surface area (Å²) < 4.78 is 0. The third kappa shape index (κ3) is 2.29. The zero-order chi connectivity index (χ0) is 15.0. The maximum Gasteiger partial charge on any atom is 0.358 e. The van der Waals surface area contributed by atoms with Gasteiger partial charge in [0.1, 0.15) is 0 Å². The van der Waals surface area contributed by atoms with Gasteiger partial charge in [-0.1, -0.05) is 30.9 Å². The molecule has 0 saturated carbocycles. The summed E-state index contributed by atoms with van der Waals surface area (Å²) in [6.07, 6.45) is 7.46. The van der Waals surface area contributed by atoms with Gasteiger partial charge < -0.3 is 0 Å². The second-order valence-corrected chi connectivity index (χ2v) is 4.67. The molecule has 0 aromatic heterocycles. The highest BCUT2D eigenvalue weighted by atomic mass is 16.2. The molecule has 5 nitrogen and oxygen atoms in total. The van der Waals surface area contributed by atoms with E-state index in [9.17, 15) is 14.4 Å². The number of anilines is 1. The maximum absolute atomic E-state index is 11.6. The van der Waals surface area contributed by atoms with Crippen molar-refractivity contribution in [1.82, 2.24) is 5.32 Å². The van der Waals surface area contributed by atoms with Crippen molar-refractivity contribution in [3.63, 3.8) is 0 Å². The lowest BCUT2D eigenvalue weighted by Crippen LogP contribution is -2.29. The molecule has 0 atom stereocenters. The Bertz CT molecular complexity index is 726. The Morgan fingerprint density at radius 3 is 2.43 bits per heavy atom. The van der Waals surface area contributed by atoms with E-state index in [-0.39, 0.29) is 0 Å². The number of imide groups is 2. The molecule has 3 rings (SSSR count). The third-order valence-corrected chi connectivity index (χ3v) is 3.25. The van der Waals surface area contributed by atoms with Gasteiger partial charge in [0.25, 0.3) is 0 Å². The van der Waals surface area contributed by atoms with Gasteiger partial charge >= 0.3 is 17.8 Å². The van der Waals surface area contributed by atoms with Crippen molar-refractivity contribution in [1.29, 1.82) is 0 Å². The van der Waals surface area contributed by atoms with Crippen LogP contribution in [0.4, 0.5) is 10.5 Å². The molecule has 1 aromatic rings. The first kappa shape index (κ1) is 13.1. The van der Waals surface area contributed by atoms with E-state index in [0.29, 0.717) is 12.1 Å². The van der Waals surface area contributed by atoms with Crippen molar-refractivity contribution in [2.75, 3.05) is 4.90 Å². The molecule has 0 bridgehead atoms. The molecule has 0 N–H and O–H groups in total. The molecular formula is C16H10N2O3. The molecule has 1 fully saturated rings. The van der Waals surface area contributed by atoms with E-state index in [1.807, 2.05) is 6.08 Å². The summed E-state index contributed by atoms with van der Waals surface area (Å²) in [5, 5.41) is 3.11. The average molecular weight is 278 g/mol. The monoisotopic (exact) mass is 278 g/mol. The summed E-state index contributed by atoms with van der Waals surface area (Å²) in [6.45, 7) is 3.87. The van der Waals surface area contributed by atoms with E-state index in [1.165, 1.54) is 0 Å². The second kappa shape index (κ2) is 4.86. The van der Waals surface area contributed by atoms with Crippen LogP contribution in [0.5, 0.6) is 0 Å². The van der Waals surface area contributed by atoms with Crippen LogP contribution in [0.15, 0.2) is 48.6 Å². The van der Waals surface area contributed by atoms with Crippen LogP contribution >= 0.6 is 0 Å². The second-order valence-electron chi connectivity index (χ2n) is 4.67. The molecule has 5 heteroatoms. The van der Waals surface area contributed by atoms with Gasteiger partial charge in [-0.15, -0.1) is 5.32 Å².